The number of hydrogen-bond acceptors (Lipinski definition) is 2. The summed E-state index contributed by atoms with van der Waals surface area (Å²) in [6.45, 7) is 8.36. The average molecular weight is 395 g/mol. The highest BCUT2D eigenvalue weighted by Crippen LogP contribution is 2.37. The summed E-state index contributed by atoms with van der Waals surface area (Å²) < 4.78 is 14.9. The third-order valence-electron chi connectivity index (χ3n) is 6.51. The molecule has 1 saturated heterocycles. The highest BCUT2D eigenvalue weighted by Gasteiger charge is 2.52. The van der Waals surface area contributed by atoms with E-state index in [1.807, 2.05) is 6.07 Å². The molecule has 4 aromatic rings. The minimum atomic E-state index is -0.370. The van der Waals surface area contributed by atoms with E-state index in [9.17, 15) is 0 Å². The van der Waals surface area contributed by atoms with Crippen molar-refractivity contribution in [2.45, 2.75) is 38.9 Å². The summed E-state index contributed by atoms with van der Waals surface area (Å²) in [4.78, 5) is 0. The number of benzene rings is 3. The van der Waals surface area contributed by atoms with E-state index in [1.54, 1.807) is 0 Å². The molecule has 0 aliphatic carbocycles. The normalized spacial score (nSPS) is 17.5. The van der Waals surface area contributed by atoms with Crippen LogP contribution in [0.3, 0.4) is 0 Å². The van der Waals surface area contributed by atoms with E-state index < -0.39 is 0 Å². The first-order valence-electron chi connectivity index (χ1n) is 10.5. The molecule has 0 saturated carbocycles. The number of fused-ring (bicyclic) bond motifs is 1. The molecule has 1 aromatic heterocycles. The second-order valence-corrected chi connectivity index (χ2v) is 8.97. The molecule has 30 heavy (non-hydrogen) atoms. The highest BCUT2D eigenvalue weighted by molar-refractivity contribution is 6.65. The topological polar surface area (TPSA) is 23.4 Å². The van der Waals surface area contributed by atoms with Gasteiger partial charge >= 0.3 is 7.12 Å². The van der Waals surface area contributed by atoms with Crippen LogP contribution in [0.25, 0.3) is 27.7 Å². The molecule has 1 aliphatic heterocycles. The third kappa shape index (κ3) is 3.08. The first kappa shape index (κ1) is 19.2. The second-order valence-electron chi connectivity index (χ2n) is 8.97. The van der Waals surface area contributed by atoms with Crippen LogP contribution >= 0.6 is 0 Å². The summed E-state index contributed by atoms with van der Waals surface area (Å²) in [5, 5.41) is 1.15. The second kappa shape index (κ2) is 6.87. The number of rotatable bonds is 3. The van der Waals surface area contributed by atoms with E-state index in [0.717, 1.165) is 22.1 Å². The van der Waals surface area contributed by atoms with Crippen molar-refractivity contribution in [2.75, 3.05) is 0 Å². The fourth-order valence-electron chi connectivity index (χ4n) is 4.06. The van der Waals surface area contributed by atoms with Crippen molar-refractivity contribution < 1.29 is 9.31 Å². The van der Waals surface area contributed by atoms with Crippen LogP contribution in [0.4, 0.5) is 0 Å². The monoisotopic (exact) mass is 395 g/mol. The summed E-state index contributed by atoms with van der Waals surface area (Å²) in [6.07, 6.45) is 2.13. The van der Waals surface area contributed by atoms with Gasteiger partial charge in [-0.3, -0.25) is 0 Å². The molecule has 0 amide bonds. The number of aromatic nitrogens is 1. The Labute approximate surface area is 178 Å². The summed E-state index contributed by atoms with van der Waals surface area (Å²) in [6, 6.07) is 27.6. The van der Waals surface area contributed by atoms with Gasteiger partial charge in [-0.05, 0) is 73.9 Å². The largest absolute Gasteiger partial charge is 0.495 e. The molecule has 0 radical (unpaired) electrons. The zero-order valence-corrected chi connectivity index (χ0v) is 17.9. The molecular weight excluding hydrogens is 369 g/mol. The summed E-state index contributed by atoms with van der Waals surface area (Å²) in [5.74, 6) is 0. The van der Waals surface area contributed by atoms with Gasteiger partial charge in [0.1, 0.15) is 0 Å². The Bertz CT molecular complexity index is 1190. The molecule has 150 valence electrons. The molecule has 1 fully saturated rings. The SMILES string of the molecule is CC1(C)OB(c2cccc3c2ccn3-c2cccc(-c3ccccc3)c2)OC1(C)C. The van der Waals surface area contributed by atoms with Gasteiger partial charge in [0.15, 0.2) is 0 Å². The van der Waals surface area contributed by atoms with Gasteiger partial charge in [0, 0.05) is 11.9 Å². The third-order valence-corrected chi connectivity index (χ3v) is 6.51. The Hall–Kier alpha value is -2.82. The van der Waals surface area contributed by atoms with Crippen molar-refractivity contribution in [2.24, 2.45) is 0 Å². The van der Waals surface area contributed by atoms with E-state index in [2.05, 4.69) is 111 Å². The molecule has 0 unspecified atom stereocenters. The molecule has 0 atom stereocenters. The van der Waals surface area contributed by atoms with E-state index in [1.165, 1.54) is 11.1 Å². The maximum absolute atomic E-state index is 6.32. The zero-order chi connectivity index (χ0) is 20.9. The van der Waals surface area contributed by atoms with Crippen molar-refractivity contribution in [1.82, 2.24) is 4.57 Å². The molecule has 3 nitrogen and oxygen atoms in total. The van der Waals surface area contributed by atoms with Crippen molar-refractivity contribution in [3.05, 3.63) is 85.1 Å². The quantitative estimate of drug-likeness (QED) is 0.422. The maximum atomic E-state index is 6.32. The Morgan fingerprint density at radius 1 is 0.700 bits per heavy atom. The minimum Gasteiger partial charge on any atom is -0.399 e. The van der Waals surface area contributed by atoms with Crippen molar-refractivity contribution in [1.29, 1.82) is 0 Å². The fraction of sp³-hybridized carbons (Fsp3) is 0.231. The predicted molar refractivity (Wildman–Crippen MR) is 124 cm³/mol. The molecule has 2 heterocycles. The van der Waals surface area contributed by atoms with Crippen molar-refractivity contribution >= 4 is 23.5 Å². The van der Waals surface area contributed by atoms with E-state index in [-0.39, 0.29) is 18.3 Å². The zero-order valence-electron chi connectivity index (χ0n) is 17.9. The lowest BCUT2D eigenvalue weighted by atomic mass is 9.77. The molecule has 3 aromatic carbocycles. The summed E-state index contributed by atoms with van der Waals surface area (Å²) in [7, 11) is -0.370. The van der Waals surface area contributed by atoms with Crippen LogP contribution in [0.1, 0.15) is 27.7 Å². The van der Waals surface area contributed by atoms with Gasteiger partial charge in [0.25, 0.3) is 0 Å². The Morgan fingerprint density at radius 3 is 2.10 bits per heavy atom. The van der Waals surface area contributed by atoms with Gasteiger partial charge in [0.2, 0.25) is 0 Å². The first-order valence-corrected chi connectivity index (χ1v) is 10.5. The van der Waals surface area contributed by atoms with Crippen LogP contribution in [0, 0.1) is 0 Å². The molecule has 4 heteroatoms. The Kier molecular flexibility index (Phi) is 4.39. The number of hydrogen-bond donors (Lipinski definition) is 0. The maximum Gasteiger partial charge on any atom is 0.495 e. The van der Waals surface area contributed by atoms with Crippen LogP contribution in [0.2, 0.25) is 0 Å². The first-order chi connectivity index (χ1) is 14.4. The molecule has 1 aliphatic rings. The number of nitrogens with zero attached hydrogens (tertiary/aromatic N) is 1. The van der Waals surface area contributed by atoms with Crippen molar-refractivity contribution in [3.8, 4) is 16.8 Å². The van der Waals surface area contributed by atoms with E-state index in [4.69, 9.17) is 9.31 Å². The van der Waals surface area contributed by atoms with E-state index >= 15 is 0 Å². The fourth-order valence-corrected chi connectivity index (χ4v) is 4.06. The van der Waals surface area contributed by atoms with Gasteiger partial charge < -0.3 is 13.9 Å². The van der Waals surface area contributed by atoms with Crippen LogP contribution in [0.15, 0.2) is 85.1 Å². The molecule has 5 rings (SSSR count). The van der Waals surface area contributed by atoms with E-state index in [0.29, 0.717) is 0 Å². The Morgan fingerprint density at radius 2 is 1.37 bits per heavy atom. The Balaban J connectivity index is 1.57. The van der Waals surface area contributed by atoms with Gasteiger partial charge in [0.05, 0.1) is 16.7 Å². The van der Waals surface area contributed by atoms with Gasteiger partial charge in [-0.15, -0.1) is 0 Å². The molecular formula is C26H26BNO2. The van der Waals surface area contributed by atoms with Crippen LogP contribution in [0.5, 0.6) is 0 Å². The van der Waals surface area contributed by atoms with Gasteiger partial charge in [-0.1, -0.05) is 54.6 Å². The van der Waals surface area contributed by atoms with Crippen LogP contribution < -0.4 is 5.46 Å². The molecule has 0 spiro atoms. The standard InChI is InChI=1S/C26H26BNO2/c1-25(2)26(3,4)30-27(29-25)23-14-9-15-24-22(23)16-17-28(24)21-13-8-12-20(18-21)19-10-6-5-7-11-19/h5-18H,1-4H3. The predicted octanol–water partition coefficient (Wildman–Crippen LogP) is 5.60. The summed E-state index contributed by atoms with van der Waals surface area (Å²) >= 11 is 0. The van der Waals surface area contributed by atoms with Gasteiger partial charge in [-0.25, -0.2) is 0 Å². The van der Waals surface area contributed by atoms with Crippen molar-refractivity contribution in [3.63, 3.8) is 0 Å². The molecule has 0 N–H and O–H groups in total. The van der Waals surface area contributed by atoms with Crippen LogP contribution in [-0.4, -0.2) is 22.9 Å². The molecule has 0 bridgehead atoms. The minimum absolute atomic E-state index is 0.355. The van der Waals surface area contributed by atoms with Gasteiger partial charge in [-0.2, -0.15) is 0 Å². The smallest absolute Gasteiger partial charge is 0.399 e. The summed E-state index contributed by atoms with van der Waals surface area (Å²) in [5.41, 5.74) is 5.07. The lowest BCUT2D eigenvalue weighted by Crippen LogP contribution is -2.41. The lowest BCUT2D eigenvalue weighted by molar-refractivity contribution is 0.00578. The average Bonchev–Trinajstić information content (AvgIpc) is 3.26. The lowest BCUT2D eigenvalue weighted by Gasteiger charge is -2.32. The highest BCUT2D eigenvalue weighted by atomic mass is 16.7. The van der Waals surface area contributed by atoms with Crippen LogP contribution in [-0.2, 0) is 9.31 Å².